The molecule has 3 aromatic carbocycles. The number of hydrogen-bond donors (Lipinski definition) is 1. The predicted octanol–water partition coefficient (Wildman–Crippen LogP) is 5.05. The summed E-state index contributed by atoms with van der Waals surface area (Å²) in [5, 5.41) is 11.0. The van der Waals surface area contributed by atoms with Crippen LogP contribution in [-0.2, 0) is 6.42 Å². The molecule has 0 bridgehead atoms. The predicted molar refractivity (Wildman–Crippen MR) is 113 cm³/mol. The molecule has 0 amide bonds. The van der Waals surface area contributed by atoms with Crippen LogP contribution in [0, 0.1) is 0 Å². The highest BCUT2D eigenvalue weighted by molar-refractivity contribution is 7.99. The molecule has 0 atom stereocenters. The second kappa shape index (κ2) is 7.82. The van der Waals surface area contributed by atoms with Gasteiger partial charge < -0.3 is 5.11 Å². The molecule has 0 fully saturated rings. The lowest BCUT2D eigenvalue weighted by Gasteiger charge is -2.12. The van der Waals surface area contributed by atoms with Crippen molar-refractivity contribution in [2.24, 2.45) is 0 Å². The number of aryl methyl sites for hydroxylation is 1. The van der Waals surface area contributed by atoms with Crippen molar-refractivity contribution in [2.45, 2.75) is 23.1 Å². The lowest BCUT2D eigenvalue weighted by atomic mass is 10.2. The summed E-state index contributed by atoms with van der Waals surface area (Å²) in [5.41, 5.74) is 2.39. The van der Waals surface area contributed by atoms with Crippen molar-refractivity contribution >= 4 is 11.8 Å². The molecular formula is C23H20N2O2S. The maximum atomic E-state index is 13.3. The van der Waals surface area contributed by atoms with E-state index in [-0.39, 0.29) is 11.4 Å². The largest absolute Gasteiger partial charge is 0.492 e. The highest BCUT2D eigenvalue weighted by Gasteiger charge is 2.22. The maximum Gasteiger partial charge on any atom is 0.289 e. The minimum atomic E-state index is -0.253. The Kier molecular flexibility index (Phi) is 5.08. The average molecular weight is 388 g/mol. The molecule has 28 heavy (non-hydrogen) atoms. The first-order valence-electron chi connectivity index (χ1n) is 9.13. The summed E-state index contributed by atoms with van der Waals surface area (Å²) in [6.45, 7) is 2.10. The Morgan fingerprint density at radius 2 is 1.32 bits per heavy atom. The number of hydrogen-bond acceptors (Lipinski definition) is 3. The van der Waals surface area contributed by atoms with Gasteiger partial charge in [0.15, 0.2) is 0 Å². The van der Waals surface area contributed by atoms with Crippen LogP contribution in [0.5, 0.6) is 5.88 Å². The van der Waals surface area contributed by atoms with E-state index < -0.39 is 0 Å². The van der Waals surface area contributed by atoms with E-state index in [9.17, 15) is 9.90 Å². The zero-order valence-corrected chi connectivity index (χ0v) is 16.3. The molecule has 0 saturated heterocycles. The van der Waals surface area contributed by atoms with Crippen LogP contribution in [0.15, 0.2) is 99.5 Å². The Balaban J connectivity index is 1.88. The van der Waals surface area contributed by atoms with Gasteiger partial charge in [-0.05, 0) is 48.4 Å². The van der Waals surface area contributed by atoms with Crippen LogP contribution in [0.4, 0.5) is 0 Å². The average Bonchev–Trinajstić information content (AvgIpc) is 3.00. The molecule has 140 valence electrons. The van der Waals surface area contributed by atoms with Crippen LogP contribution in [0.3, 0.4) is 0 Å². The molecule has 5 heteroatoms. The summed E-state index contributed by atoms with van der Waals surface area (Å²) >= 11 is 1.28. The fourth-order valence-corrected chi connectivity index (χ4v) is 3.94. The third-order valence-electron chi connectivity index (χ3n) is 4.54. The van der Waals surface area contributed by atoms with Crippen molar-refractivity contribution in [3.05, 3.63) is 101 Å². The summed E-state index contributed by atoms with van der Waals surface area (Å²) in [6.07, 6.45) is 0.960. The third kappa shape index (κ3) is 3.37. The number of aromatic hydroxyl groups is 1. The van der Waals surface area contributed by atoms with Crippen LogP contribution in [0.1, 0.15) is 12.5 Å². The lowest BCUT2D eigenvalue weighted by Crippen LogP contribution is -2.20. The SMILES string of the molecule is CCc1ccc(Sc2c(O)n(-c3ccccc3)n(-c3ccccc3)c2=O)cc1. The van der Waals surface area contributed by atoms with E-state index >= 15 is 0 Å². The van der Waals surface area contributed by atoms with Crippen LogP contribution < -0.4 is 5.56 Å². The molecule has 1 N–H and O–H groups in total. The molecule has 0 spiro atoms. The Morgan fingerprint density at radius 1 is 0.786 bits per heavy atom. The molecule has 0 saturated carbocycles. The van der Waals surface area contributed by atoms with Gasteiger partial charge in [-0.3, -0.25) is 4.79 Å². The Hall–Kier alpha value is -3.18. The molecule has 0 unspecified atom stereocenters. The highest BCUT2D eigenvalue weighted by atomic mass is 32.2. The molecule has 4 nitrogen and oxygen atoms in total. The summed E-state index contributed by atoms with van der Waals surface area (Å²) in [6, 6.07) is 26.8. The summed E-state index contributed by atoms with van der Waals surface area (Å²) in [4.78, 5) is 14.5. The Labute approximate surface area is 167 Å². The van der Waals surface area contributed by atoms with Crippen molar-refractivity contribution in [3.63, 3.8) is 0 Å². The van der Waals surface area contributed by atoms with E-state index in [4.69, 9.17) is 0 Å². The van der Waals surface area contributed by atoms with Gasteiger partial charge >= 0.3 is 0 Å². The molecule has 0 aliphatic carbocycles. The Morgan fingerprint density at radius 3 is 1.86 bits per heavy atom. The molecule has 4 rings (SSSR count). The fraction of sp³-hybridized carbons (Fsp3) is 0.0870. The Bertz CT molecular complexity index is 1130. The van der Waals surface area contributed by atoms with Gasteiger partial charge in [0.1, 0.15) is 4.90 Å². The van der Waals surface area contributed by atoms with Gasteiger partial charge in [0.25, 0.3) is 5.56 Å². The van der Waals surface area contributed by atoms with Gasteiger partial charge in [0, 0.05) is 4.90 Å². The molecular weight excluding hydrogens is 368 g/mol. The quantitative estimate of drug-likeness (QED) is 0.521. The monoisotopic (exact) mass is 388 g/mol. The van der Waals surface area contributed by atoms with E-state index in [0.717, 1.165) is 11.3 Å². The van der Waals surface area contributed by atoms with Gasteiger partial charge in [-0.2, -0.15) is 0 Å². The van der Waals surface area contributed by atoms with Crippen molar-refractivity contribution < 1.29 is 5.11 Å². The van der Waals surface area contributed by atoms with Gasteiger partial charge in [-0.25, -0.2) is 9.36 Å². The van der Waals surface area contributed by atoms with Crippen LogP contribution >= 0.6 is 11.8 Å². The molecule has 1 heterocycles. The zero-order valence-electron chi connectivity index (χ0n) is 15.4. The summed E-state index contributed by atoms with van der Waals surface area (Å²) in [7, 11) is 0. The van der Waals surface area contributed by atoms with Crippen molar-refractivity contribution in [3.8, 4) is 17.3 Å². The van der Waals surface area contributed by atoms with E-state index in [1.54, 1.807) is 4.68 Å². The van der Waals surface area contributed by atoms with Crippen molar-refractivity contribution in [1.82, 2.24) is 9.36 Å². The first-order chi connectivity index (χ1) is 13.7. The normalized spacial score (nSPS) is 10.9. The summed E-state index contributed by atoms with van der Waals surface area (Å²) in [5.74, 6) is -0.0652. The molecule has 0 aliphatic rings. The fourth-order valence-electron chi connectivity index (χ4n) is 3.08. The van der Waals surface area contributed by atoms with Gasteiger partial charge in [-0.1, -0.05) is 67.2 Å². The first kappa shape index (κ1) is 18.2. The maximum absolute atomic E-state index is 13.3. The zero-order chi connectivity index (χ0) is 19.5. The van der Waals surface area contributed by atoms with Gasteiger partial charge in [0.2, 0.25) is 5.88 Å². The summed E-state index contributed by atoms with van der Waals surface area (Å²) < 4.78 is 3.06. The van der Waals surface area contributed by atoms with Crippen molar-refractivity contribution in [1.29, 1.82) is 0 Å². The van der Waals surface area contributed by atoms with E-state index in [1.165, 1.54) is 22.0 Å². The van der Waals surface area contributed by atoms with E-state index in [0.29, 0.717) is 16.3 Å². The molecule has 4 aromatic rings. The first-order valence-corrected chi connectivity index (χ1v) is 9.95. The van der Waals surface area contributed by atoms with Crippen LogP contribution in [-0.4, -0.2) is 14.5 Å². The highest BCUT2D eigenvalue weighted by Crippen LogP contribution is 2.34. The number of aromatic nitrogens is 2. The number of para-hydroxylation sites is 2. The smallest absolute Gasteiger partial charge is 0.289 e. The number of nitrogens with zero attached hydrogens (tertiary/aromatic N) is 2. The van der Waals surface area contributed by atoms with Crippen LogP contribution in [0.25, 0.3) is 11.4 Å². The molecule has 1 aromatic heterocycles. The number of benzene rings is 3. The molecule has 0 radical (unpaired) electrons. The van der Waals surface area contributed by atoms with Crippen LogP contribution in [0.2, 0.25) is 0 Å². The lowest BCUT2D eigenvalue weighted by molar-refractivity contribution is 0.416. The standard InChI is InChI=1S/C23H20N2O2S/c1-2-17-13-15-20(16-14-17)28-21-22(26)24(18-9-5-3-6-10-18)25(23(21)27)19-11-7-4-8-12-19/h3-16,26H,2H2,1H3. The van der Waals surface area contributed by atoms with Gasteiger partial charge in [0.05, 0.1) is 11.4 Å². The van der Waals surface area contributed by atoms with E-state index in [1.807, 2.05) is 84.9 Å². The number of rotatable bonds is 5. The third-order valence-corrected chi connectivity index (χ3v) is 5.61. The molecule has 0 aliphatic heterocycles. The second-order valence-electron chi connectivity index (χ2n) is 6.35. The second-order valence-corrected chi connectivity index (χ2v) is 7.44. The van der Waals surface area contributed by atoms with Crippen molar-refractivity contribution in [2.75, 3.05) is 0 Å². The minimum Gasteiger partial charge on any atom is -0.492 e. The topological polar surface area (TPSA) is 47.2 Å². The minimum absolute atomic E-state index is 0.0652. The van der Waals surface area contributed by atoms with E-state index in [2.05, 4.69) is 6.92 Å². The van der Waals surface area contributed by atoms with Gasteiger partial charge in [-0.15, -0.1) is 0 Å².